The van der Waals surface area contributed by atoms with E-state index in [9.17, 15) is 5.11 Å². The van der Waals surface area contributed by atoms with Crippen LogP contribution in [0.4, 0.5) is 0 Å². The predicted octanol–water partition coefficient (Wildman–Crippen LogP) is 1.83. The zero-order valence-electron chi connectivity index (χ0n) is 9.87. The fourth-order valence-corrected chi connectivity index (χ4v) is 1.96. The standard InChI is InChI=1S/C12H25NO2/c1-12(14,10-13)8-9-15-11-6-4-2-3-5-7-11/h11,14H,2-10,13H2,1H3. The van der Waals surface area contributed by atoms with Gasteiger partial charge in [0.05, 0.1) is 11.7 Å². The average molecular weight is 215 g/mol. The number of nitrogens with two attached hydrogens (primary N) is 1. The molecule has 3 N–H and O–H groups in total. The van der Waals surface area contributed by atoms with Crippen LogP contribution < -0.4 is 5.73 Å². The van der Waals surface area contributed by atoms with Crippen molar-refractivity contribution in [1.82, 2.24) is 0 Å². The van der Waals surface area contributed by atoms with Gasteiger partial charge in [0.1, 0.15) is 0 Å². The van der Waals surface area contributed by atoms with E-state index in [0.717, 1.165) is 0 Å². The summed E-state index contributed by atoms with van der Waals surface area (Å²) >= 11 is 0. The zero-order chi connectivity index (χ0) is 11.1. The highest BCUT2D eigenvalue weighted by Crippen LogP contribution is 2.20. The van der Waals surface area contributed by atoms with Gasteiger partial charge in [0.2, 0.25) is 0 Å². The van der Waals surface area contributed by atoms with Gasteiger partial charge in [-0.25, -0.2) is 0 Å². The van der Waals surface area contributed by atoms with Crippen LogP contribution in [0.1, 0.15) is 51.9 Å². The summed E-state index contributed by atoms with van der Waals surface area (Å²) in [7, 11) is 0. The van der Waals surface area contributed by atoms with Gasteiger partial charge in [-0.1, -0.05) is 25.7 Å². The van der Waals surface area contributed by atoms with Gasteiger partial charge in [-0.15, -0.1) is 0 Å². The van der Waals surface area contributed by atoms with Gasteiger partial charge in [0, 0.05) is 19.6 Å². The fourth-order valence-electron chi connectivity index (χ4n) is 1.96. The van der Waals surface area contributed by atoms with Gasteiger partial charge >= 0.3 is 0 Å². The molecular formula is C12H25NO2. The molecule has 1 rings (SSSR count). The van der Waals surface area contributed by atoms with E-state index in [4.69, 9.17) is 10.5 Å². The van der Waals surface area contributed by atoms with Crippen molar-refractivity contribution in [2.24, 2.45) is 5.73 Å². The summed E-state index contributed by atoms with van der Waals surface area (Å²) in [6, 6.07) is 0. The molecule has 0 aliphatic heterocycles. The summed E-state index contributed by atoms with van der Waals surface area (Å²) in [5, 5.41) is 9.70. The van der Waals surface area contributed by atoms with Gasteiger partial charge < -0.3 is 15.6 Å². The lowest BCUT2D eigenvalue weighted by Gasteiger charge is -2.22. The highest BCUT2D eigenvalue weighted by atomic mass is 16.5. The van der Waals surface area contributed by atoms with Crippen LogP contribution in [0, 0.1) is 0 Å². The number of ether oxygens (including phenoxy) is 1. The Bertz CT molecular complexity index is 163. The maximum atomic E-state index is 9.70. The Kier molecular flexibility index (Phi) is 5.58. The summed E-state index contributed by atoms with van der Waals surface area (Å²) in [5.41, 5.74) is 4.69. The topological polar surface area (TPSA) is 55.5 Å². The van der Waals surface area contributed by atoms with E-state index in [-0.39, 0.29) is 0 Å². The lowest BCUT2D eigenvalue weighted by molar-refractivity contribution is -0.0105. The highest BCUT2D eigenvalue weighted by Gasteiger charge is 2.19. The normalized spacial score (nSPS) is 23.4. The van der Waals surface area contributed by atoms with E-state index < -0.39 is 5.60 Å². The molecule has 0 heterocycles. The molecule has 0 saturated heterocycles. The largest absolute Gasteiger partial charge is 0.389 e. The molecule has 3 nitrogen and oxygen atoms in total. The molecule has 0 aromatic carbocycles. The van der Waals surface area contributed by atoms with E-state index in [1.807, 2.05) is 0 Å². The van der Waals surface area contributed by atoms with Crippen LogP contribution in [0.15, 0.2) is 0 Å². The Morgan fingerprint density at radius 1 is 1.27 bits per heavy atom. The van der Waals surface area contributed by atoms with Crippen molar-refractivity contribution in [2.45, 2.75) is 63.6 Å². The molecule has 1 saturated carbocycles. The summed E-state index contributed by atoms with van der Waals surface area (Å²) in [6.07, 6.45) is 8.70. The number of rotatable bonds is 5. The lowest BCUT2D eigenvalue weighted by Crippen LogP contribution is -2.35. The molecule has 0 amide bonds. The molecule has 0 bridgehead atoms. The smallest absolute Gasteiger partial charge is 0.0763 e. The second-order valence-electron chi connectivity index (χ2n) is 4.94. The van der Waals surface area contributed by atoms with Crippen molar-refractivity contribution in [3.05, 3.63) is 0 Å². The van der Waals surface area contributed by atoms with E-state index in [1.54, 1.807) is 6.92 Å². The minimum atomic E-state index is -0.759. The van der Waals surface area contributed by atoms with Gasteiger partial charge in [0.25, 0.3) is 0 Å². The third-order valence-electron chi connectivity index (χ3n) is 3.24. The van der Waals surface area contributed by atoms with Gasteiger partial charge in [-0.2, -0.15) is 0 Å². The highest BCUT2D eigenvalue weighted by molar-refractivity contribution is 4.73. The third-order valence-corrected chi connectivity index (χ3v) is 3.24. The molecule has 0 spiro atoms. The molecule has 15 heavy (non-hydrogen) atoms. The third kappa shape index (κ3) is 5.50. The summed E-state index contributed by atoms with van der Waals surface area (Å²) in [5.74, 6) is 0. The monoisotopic (exact) mass is 215 g/mol. The van der Waals surface area contributed by atoms with Crippen molar-refractivity contribution in [3.63, 3.8) is 0 Å². The molecule has 90 valence electrons. The molecule has 1 atom stereocenters. The van der Waals surface area contributed by atoms with Crippen molar-refractivity contribution in [2.75, 3.05) is 13.2 Å². The van der Waals surface area contributed by atoms with E-state index in [1.165, 1.54) is 38.5 Å². The van der Waals surface area contributed by atoms with Gasteiger partial charge in [-0.3, -0.25) is 0 Å². The van der Waals surface area contributed by atoms with Crippen molar-refractivity contribution in [3.8, 4) is 0 Å². The first-order chi connectivity index (χ1) is 7.14. The molecule has 1 fully saturated rings. The van der Waals surface area contributed by atoms with E-state index in [2.05, 4.69) is 0 Å². The summed E-state index contributed by atoms with van der Waals surface area (Å²) in [6.45, 7) is 2.71. The van der Waals surface area contributed by atoms with Crippen LogP contribution in [-0.4, -0.2) is 30.0 Å². The minimum absolute atomic E-state index is 0.307. The fraction of sp³-hybridized carbons (Fsp3) is 1.00. The molecule has 1 aliphatic carbocycles. The zero-order valence-corrected chi connectivity index (χ0v) is 9.87. The van der Waals surface area contributed by atoms with Gasteiger partial charge in [-0.05, 0) is 19.8 Å². The molecule has 1 aliphatic rings. The van der Waals surface area contributed by atoms with Crippen molar-refractivity contribution < 1.29 is 9.84 Å². The second-order valence-corrected chi connectivity index (χ2v) is 4.94. The predicted molar refractivity (Wildman–Crippen MR) is 61.7 cm³/mol. The van der Waals surface area contributed by atoms with E-state index in [0.29, 0.717) is 25.7 Å². The Balaban J connectivity index is 2.13. The van der Waals surface area contributed by atoms with Crippen LogP contribution in [-0.2, 0) is 4.74 Å². The van der Waals surface area contributed by atoms with Gasteiger partial charge in [0.15, 0.2) is 0 Å². The average Bonchev–Trinajstić information content (AvgIpc) is 2.46. The maximum absolute atomic E-state index is 9.70. The Morgan fingerprint density at radius 2 is 1.87 bits per heavy atom. The molecule has 3 heteroatoms. The molecule has 0 aromatic rings. The van der Waals surface area contributed by atoms with E-state index >= 15 is 0 Å². The Labute approximate surface area is 93.0 Å². The van der Waals surface area contributed by atoms with Crippen LogP contribution in [0.25, 0.3) is 0 Å². The molecule has 0 radical (unpaired) electrons. The first kappa shape index (κ1) is 12.9. The summed E-state index contributed by atoms with van der Waals surface area (Å²) in [4.78, 5) is 0. The van der Waals surface area contributed by atoms with Crippen LogP contribution in [0.3, 0.4) is 0 Å². The van der Waals surface area contributed by atoms with Crippen molar-refractivity contribution >= 4 is 0 Å². The number of hydrogen-bond acceptors (Lipinski definition) is 3. The molecule has 1 unspecified atom stereocenters. The Hall–Kier alpha value is -0.120. The molecular weight excluding hydrogens is 190 g/mol. The SMILES string of the molecule is CC(O)(CN)CCOC1CCCCCC1. The number of aliphatic hydroxyl groups is 1. The quantitative estimate of drug-likeness (QED) is 0.688. The van der Waals surface area contributed by atoms with Crippen molar-refractivity contribution in [1.29, 1.82) is 0 Å². The van der Waals surface area contributed by atoms with Crippen LogP contribution >= 0.6 is 0 Å². The second kappa shape index (κ2) is 6.46. The van der Waals surface area contributed by atoms with Crippen LogP contribution in [0.2, 0.25) is 0 Å². The number of hydrogen-bond donors (Lipinski definition) is 2. The molecule has 0 aromatic heterocycles. The first-order valence-corrected chi connectivity index (χ1v) is 6.18. The first-order valence-electron chi connectivity index (χ1n) is 6.18. The summed E-state index contributed by atoms with van der Waals surface area (Å²) < 4.78 is 5.79. The Morgan fingerprint density at radius 3 is 2.40 bits per heavy atom. The van der Waals surface area contributed by atoms with Crippen LogP contribution in [0.5, 0.6) is 0 Å². The maximum Gasteiger partial charge on any atom is 0.0763 e. The lowest BCUT2D eigenvalue weighted by atomic mass is 10.0. The minimum Gasteiger partial charge on any atom is -0.389 e.